The summed E-state index contributed by atoms with van der Waals surface area (Å²) in [4.78, 5) is 10.7. The van der Waals surface area contributed by atoms with Gasteiger partial charge in [-0.2, -0.15) is 0 Å². The average molecular weight is 255 g/mol. The van der Waals surface area contributed by atoms with E-state index in [0.29, 0.717) is 12.3 Å². The molecule has 0 saturated carbocycles. The molecule has 17 heavy (non-hydrogen) atoms. The lowest BCUT2D eigenvalue weighted by Crippen LogP contribution is -1.97. The number of halogens is 1. The van der Waals surface area contributed by atoms with Crippen molar-refractivity contribution < 1.29 is 9.53 Å². The van der Waals surface area contributed by atoms with E-state index in [4.69, 9.17) is 16.3 Å². The third kappa shape index (κ3) is 4.39. The molecular weight excluding hydrogens is 236 g/mol. The molecule has 94 valence electrons. The number of benzene rings is 1. The zero-order valence-corrected chi connectivity index (χ0v) is 11.4. The molecule has 0 amide bonds. The summed E-state index contributed by atoms with van der Waals surface area (Å²) in [5.74, 6) is 1.38. The lowest BCUT2D eigenvalue weighted by atomic mass is 9.98. The Bertz CT molecular complexity index is 386. The van der Waals surface area contributed by atoms with Crippen LogP contribution in [0.2, 0.25) is 0 Å². The Labute approximate surface area is 108 Å². The van der Waals surface area contributed by atoms with Gasteiger partial charge < -0.3 is 4.74 Å². The monoisotopic (exact) mass is 254 g/mol. The van der Waals surface area contributed by atoms with Gasteiger partial charge in [0.05, 0.1) is 7.11 Å². The van der Waals surface area contributed by atoms with Gasteiger partial charge in [-0.3, -0.25) is 4.79 Å². The maximum absolute atomic E-state index is 10.7. The molecule has 0 aliphatic rings. The van der Waals surface area contributed by atoms with Gasteiger partial charge in [0.2, 0.25) is 5.24 Å². The molecule has 0 saturated heterocycles. The van der Waals surface area contributed by atoms with Gasteiger partial charge in [0.1, 0.15) is 5.75 Å². The number of methoxy groups -OCH3 is 1. The van der Waals surface area contributed by atoms with Crippen LogP contribution in [0, 0.1) is 0 Å². The fraction of sp³-hybridized carbons (Fsp3) is 0.500. The highest BCUT2D eigenvalue weighted by atomic mass is 35.5. The molecule has 0 atom stereocenters. The van der Waals surface area contributed by atoms with E-state index in [2.05, 4.69) is 26.0 Å². The minimum atomic E-state index is -0.274. The number of ether oxygens (including phenoxy) is 1. The summed E-state index contributed by atoms with van der Waals surface area (Å²) in [5, 5.41) is -0.274. The van der Waals surface area contributed by atoms with Crippen molar-refractivity contribution >= 4 is 16.8 Å². The molecule has 2 nitrogen and oxygen atoms in total. The van der Waals surface area contributed by atoms with E-state index >= 15 is 0 Å². The summed E-state index contributed by atoms with van der Waals surface area (Å²) in [6, 6.07) is 6.23. The van der Waals surface area contributed by atoms with E-state index in [1.807, 2.05) is 6.07 Å². The van der Waals surface area contributed by atoms with Crippen molar-refractivity contribution in [3.8, 4) is 5.75 Å². The molecule has 1 rings (SSSR count). The quantitative estimate of drug-likeness (QED) is 0.720. The fourth-order valence-electron chi connectivity index (χ4n) is 1.77. The lowest BCUT2D eigenvalue weighted by Gasteiger charge is -2.12. The van der Waals surface area contributed by atoms with Gasteiger partial charge >= 0.3 is 0 Å². The van der Waals surface area contributed by atoms with Crippen molar-refractivity contribution in [3.63, 3.8) is 0 Å². The zero-order chi connectivity index (χ0) is 12.8. The van der Waals surface area contributed by atoms with Gasteiger partial charge in [0.15, 0.2) is 0 Å². The SMILES string of the molecule is COc1ccc(C(C)C)cc1CCCC(=O)Cl. The molecule has 0 radical (unpaired) electrons. The third-order valence-corrected chi connectivity index (χ3v) is 2.98. The van der Waals surface area contributed by atoms with E-state index < -0.39 is 0 Å². The van der Waals surface area contributed by atoms with Gasteiger partial charge in [-0.05, 0) is 47.6 Å². The maximum Gasteiger partial charge on any atom is 0.221 e. The summed E-state index contributed by atoms with van der Waals surface area (Å²) < 4.78 is 5.32. The topological polar surface area (TPSA) is 26.3 Å². The summed E-state index contributed by atoms with van der Waals surface area (Å²) in [6.45, 7) is 4.32. The van der Waals surface area contributed by atoms with Crippen LogP contribution in [-0.4, -0.2) is 12.4 Å². The van der Waals surface area contributed by atoms with Crippen LogP contribution in [0.3, 0.4) is 0 Å². The first kappa shape index (κ1) is 14.0. The maximum atomic E-state index is 10.7. The van der Waals surface area contributed by atoms with Crippen LogP contribution in [0.1, 0.15) is 43.7 Å². The van der Waals surface area contributed by atoms with Crippen LogP contribution in [-0.2, 0) is 11.2 Å². The predicted molar refractivity (Wildman–Crippen MR) is 70.9 cm³/mol. The highest BCUT2D eigenvalue weighted by Crippen LogP contribution is 2.25. The van der Waals surface area contributed by atoms with E-state index in [1.54, 1.807) is 7.11 Å². The predicted octanol–water partition coefficient (Wildman–Crippen LogP) is 3.91. The molecule has 0 bridgehead atoms. The first-order chi connectivity index (χ1) is 8.04. The second-order valence-electron chi connectivity index (χ2n) is 4.43. The van der Waals surface area contributed by atoms with Crippen molar-refractivity contribution in [2.75, 3.05) is 7.11 Å². The Morgan fingerprint density at radius 1 is 1.41 bits per heavy atom. The molecule has 0 aliphatic carbocycles. The molecule has 1 aromatic carbocycles. The van der Waals surface area contributed by atoms with E-state index in [1.165, 1.54) is 5.56 Å². The number of carbonyl (C=O) groups excluding carboxylic acids is 1. The van der Waals surface area contributed by atoms with E-state index in [-0.39, 0.29) is 5.24 Å². The second kappa shape index (κ2) is 6.65. The first-order valence-corrected chi connectivity index (χ1v) is 6.27. The summed E-state index contributed by atoms with van der Waals surface area (Å²) >= 11 is 5.33. The Morgan fingerprint density at radius 2 is 2.12 bits per heavy atom. The Morgan fingerprint density at radius 3 is 2.65 bits per heavy atom. The molecule has 0 heterocycles. The fourth-order valence-corrected chi connectivity index (χ4v) is 1.90. The van der Waals surface area contributed by atoms with Crippen molar-refractivity contribution in [2.45, 2.75) is 39.0 Å². The molecule has 0 aromatic heterocycles. The third-order valence-electron chi connectivity index (χ3n) is 2.79. The minimum absolute atomic E-state index is 0.274. The molecular formula is C14H19ClO2. The number of rotatable bonds is 6. The van der Waals surface area contributed by atoms with Crippen LogP contribution >= 0.6 is 11.6 Å². The number of hydrogen-bond acceptors (Lipinski definition) is 2. The Hall–Kier alpha value is -1.02. The zero-order valence-electron chi connectivity index (χ0n) is 10.6. The second-order valence-corrected chi connectivity index (χ2v) is 4.86. The van der Waals surface area contributed by atoms with Gasteiger partial charge in [0.25, 0.3) is 0 Å². The van der Waals surface area contributed by atoms with Crippen LogP contribution < -0.4 is 4.74 Å². The molecule has 0 fully saturated rings. The normalized spacial score (nSPS) is 10.6. The van der Waals surface area contributed by atoms with Crippen molar-refractivity contribution in [2.24, 2.45) is 0 Å². The summed E-state index contributed by atoms with van der Waals surface area (Å²) in [5.41, 5.74) is 2.44. The van der Waals surface area contributed by atoms with Gasteiger partial charge in [0, 0.05) is 6.42 Å². The average Bonchev–Trinajstić information content (AvgIpc) is 2.28. The minimum Gasteiger partial charge on any atom is -0.496 e. The van der Waals surface area contributed by atoms with Crippen molar-refractivity contribution in [1.29, 1.82) is 0 Å². The highest BCUT2D eigenvalue weighted by molar-refractivity contribution is 6.63. The molecule has 0 aliphatic heterocycles. The van der Waals surface area contributed by atoms with Crippen LogP contribution in [0.4, 0.5) is 0 Å². The van der Waals surface area contributed by atoms with E-state index in [9.17, 15) is 4.79 Å². The number of aryl methyl sites for hydroxylation is 1. The summed E-state index contributed by atoms with van der Waals surface area (Å²) in [6.07, 6.45) is 2.00. The summed E-state index contributed by atoms with van der Waals surface area (Å²) in [7, 11) is 1.67. The largest absolute Gasteiger partial charge is 0.496 e. The lowest BCUT2D eigenvalue weighted by molar-refractivity contribution is -0.111. The Balaban J connectivity index is 2.79. The standard InChI is InChI=1S/C14H19ClO2/c1-10(2)11-7-8-13(17-3)12(9-11)5-4-6-14(15)16/h7-10H,4-6H2,1-3H3. The molecule has 0 unspecified atom stereocenters. The molecule has 3 heteroatoms. The van der Waals surface area contributed by atoms with E-state index in [0.717, 1.165) is 24.2 Å². The number of carbonyl (C=O) groups is 1. The van der Waals surface area contributed by atoms with Crippen molar-refractivity contribution in [1.82, 2.24) is 0 Å². The Kier molecular flexibility index (Phi) is 5.49. The smallest absolute Gasteiger partial charge is 0.221 e. The van der Waals surface area contributed by atoms with Crippen LogP contribution in [0.15, 0.2) is 18.2 Å². The van der Waals surface area contributed by atoms with Gasteiger partial charge in [-0.1, -0.05) is 26.0 Å². The first-order valence-electron chi connectivity index (χ1n) is 5.89. The number of hydrogen-bond donors (Lipinski definition) is 0. The molecule has 1 aromatic rings. The van der Waals surface area contributed by atoms with Crippen LogP contribution in [0.25, 0.3) is 0 Å². The van der Waals surface area contributed by atoms with Crippen LogP contribution in [0.5, 0.6) is 5.75 Å². The highest BCUT2D eigenvalue weighted by Gasteiger charge is 2.07. The molecule has 0 spiro atoms. The van der Waals surface area contributed by atoms with Gasteiger partial charge in [-0.15, -0.1) is 0 Å². The molecule has 0 N–H and O–H groups in total. The van der Waals surface area contributed by atoms with Crippen molar-refractivity contribution in [3.05, 3.63) is 29.3 Å². The van der Waals surface area contributed by atoms with Gasteiger partial charge in [-0.25, -0.2) is 0 Å².